The average molecular weight is 959 g/mol. The van der Waals surface area contributed by atoms with E-state index in [0.717, 1.165) is 32.6 Å². The van der Waals surface area contributed by atoms with Gasteiger partial charge in [-0.15, -0.1) is 0 Å². The number of carboxylic acids is 1. The van der Waals surface area contributed by atoms with Gasteiger partial charge in [0.1, 0.15) is 67.1 Å². The molecule has 24 heteroatoms. The number of rotatable bonds is 28. The highest BCUT2D eigenvalue weighted by Crippen LogP contribution is 2.38. The lowest BCUT2D eigenvalue weighted by atomic mass is 9.88. The molecule has 0 aromatic rings. The molecule has 0 spiro atoms. The third kappa shape index (κ3) is 16.2. The largest absolute Gasteiger partial charge is 0.477 e. The minimum Gasteiger partial charge on any atom is -0.477 e. The second kappa shape index (κ2) is 28.7. The predicted molar refractivity (Wildman–Crippen MR) is 225 cm³/mol. The van der Waals surface area contributed by atoms with Gasteiger partial charge in [-0.25, -0.2) is 9.59 Å². The van der Waals surface area contributed by atoms with E-state index < -0.39 is 161 Å². The fourth-order valence-electron chi connectivity index (χ4n) is 8.07. The van der Waals surface area contributed by atoms with E-state index in [1.165, 1.54) is 51.0 Å². The fourth-order valence-corrected chi connectivity index (χ4v) is 8.07. The summed E-state index contributed by atoms with van der Waals surface area (Å²) in [5.74, 6) is -5.88. The summed E-state index contributed by atoms with van der Waals surface area (Å²) in [7, 11) is 0. The summed E-state index contributed by atoms with van der Waals surface area (Å²) in [5, 5.41) is 141. The van der Waals surface area contributed by atoms with Crippen molar-refractivity contribution in [2.24, 2.45) is 0 Å². The van der Waals surface area contributed by atoms with Crippen LogP contribution < -0.4 is 10.6 Å². The molecule has 18 unspecified atom stereocenters. The van der Waals surface area contributed by atoms with Crippen molar-refractivity contribution in [1.29, 1.82) is 0 Å². The molecule has 0 aromatic heterocycles. The maximum atomic E-state index is 12.8. The molecule has 0 radical (unpaired) electrons. The zero-order valence-corrected chi connectivity index (χ0v) is 37.5. The van der Waals surface area contributed by atoms with Gasteiger partial charge >= 0.3 is 12.1 Å². The van der Waals surface area contributed by atoms with Gasteiger partial charge in [0.05, 0.1) is 50.7 Å². The van der Waals surface area contributed by atoms with Crippen LogP contribution in [-0.4, -0.2) is 221 Å². The lowest BCUT2D eigenvalue weighted by molar-refractivity contribution is -0.384. The molecule has 3 aliphatic heterocycles. The SMILES string of the molecule is CCCCCCCCCCCCCC=CC(O)C(CO)NC(=O)OC1OC(CO)C(OC2OC(CO)C(O)C(OC3(C(=O)O)CC(O)C(NC(C)=O)C(C(O)C(O)CO)O3)C2O)C(O)C1O. The van der Waals surface area contributed by atoms with Crippen molar-refractivity contribution in [2.75, 3.05) is 26.4 Å². The zero-order chi connectivity index (χ0) is 49.1. The maximum absolute atomic E-state index is 12.8. The molecular weight excluding hydrogens is 884 g/mol. The van der Waals surface area contributed by atoms with Gasteiger partial charge in [-0.3, -0.25) is 4.79 Å². The molecule has 24 nitrogen and oxygen atoms in total. The first-order valence-corrected chi connectivity index (χ1v) is 22.7. The quantitative estimate of drug-likeness (QED) is 0.0267. The lowest BCUT2D eigenvalue weighted by Crippen LogP contribution is -2.70. The van der Waals surface area contributed by atoms with E-state index in [2.05, 4.69) is 17.6 Å². The zero-order valence-electron chi connectivity index (χ0n) is 37.5. The Bertz CT molecular complexity index is 1460. The number of aliphatic hydroxyl groups is 12. The Morgan fingerprint density at radius 1 is 0.758 bits per heavy atom. The van der Waals surface area contributed by atoms with Crippen LogP contribution in [0.3, 0.4) is 0 Å². The van der Waals surface area contributed by atoms with Crippen LogP contribution >= 0.6 is 0 Å². The molecule has 0 saturated carbocycles. The van der Waals surface area contributed by atoms with Crippen molar-refractivity contribution in [3.8, 4) is 0 Å². The van der Waals surface area contributed by atoms with Crippen LogP contribution in [0.2, 0.25) is 0 Å². The third-order valence-electron chi connectivity index (χ3n) is 11.9. The van der Waals surface area contributed by atoms with Crippen molar-refractivity contribution < 1.29 is 109 Å². The van der Waals surface area contributed by atoms with Crippen molar-refractivity contribution in [1.82, 2.24) is 10.6 Å². The Morgan fingerprint density at radius 3 is 1.89 bits per heavy atom. The molecule has 0 aliphatic carbocycles. The molecule has 3 fully saturated rings. The van der Waals surface area contributed by atoms with Crippen molar-refractivity contribution in [3.63, 3.8) is 0 Å². The van der Waals surface area contributed by atoms with Crippen LogP contribution in [0, 0.1) is 0 Å². The van der Waals surface area contributed by atoms with Gasteiger partial charge < -0.3 is 105 Å². The number of hydrogen-bond acceptors (Lipinski definition) is 21. The number of amides is 2. The van der Waals surface area contributed by atoms with E-state index in [-0.39, 0.29) is 0 Å². The molecule has 15 N–H and O–H groups in total. The van der Waals surface area contributed by atoms with Crippen LogP contribution in [-0.2, 0) is 38.0 Å². The topological polar surface area (TPSA) is 394 Å². The Kier molecular flexibility index (Phi) is 25.0. The summed E-state index contributed by atoms with van der Waals surface area (Å²) >= 11 is 0. The molecule has 3 heterocycles. The minimum absolute atomic E-state index is 0.659. The van der Waals surface area contributed by atoms with Gasteiger partial charge in [0.15, 0.2) is 6.29 Å². The Hall–Kier alpha value is -2.73. The number of carbonyl (C=O) groups is 3. The molecule has 18 atom stereocenters. The first-order chi connectivity index (χ1) is 31.4. The van der Waals surface area contributed by atoms with Crippen LogP contribution in [0.1, 0.15) is 97.3 Å². The summed E-state index contributed by atoms with van der Waals surface area (Å²) in [4.78, 5) is 37.6. The van der Waals surface area contributed by atoms with Gasteiger partial charge in [0.2, 0.25) is 12.2 Å². The van der Waals surface area contributed by atoms with Crippen LogP contribution in [0.25, 0.3) is 0 Å². The normalized spacial score (nSPS) is 34.6. The molecule has 3 rings (SSSR count). The number of aliphatic carboxylic acids is 1. The highest BCUT2D eigenvalue weighted by molar-refractivity contribution is 5.76. The summed E-state index contributed by atoms with van der Waals surface area (Å²) in [5.41, 5.74) is 0. The number of ether oxygens (including phenoxy) is 6. The monoisotopic (exact) mass is 958 g/mol. The number of allylic oxidation sites excluding steroid dienone is 1. The summed E-state index contributed by atoms with van der Waals surface area (Å²) in [6.07, 6.45) is -15.3. The highest BCUT2D eigenvalue weighted by atomic mass is 16.8. The van der Waals surface area contributed by atoms with Gasteiger partial charge in [-0.1, -0.05) is 83.3 Å². The standard InChI is InChI=1S/C42H74N2O22/c1-3-4-5-6-7-8-9-10-11-12-13-14-15-16-24(50)23(18-45)44-41(60)64-38-33(56)32(55)35(28(21-48)62-38)63-39-34(57)37(31(54)27(20-47)61-39)66-42(40(58)59)17-25(51)29(43-22(2)49)36(65-42)30(53)26(52)19-46/h15-16,23-39,45-48,50-57H,3-14,17-21H2,1-2H3,(H,43,49)(H,44,60)(H,58,59). The molecular formula is C42H74N2O22. The number of nitrogens with one attached hydrogen (secondary N) is 2. The van der Waals surface area contributed by atoms with Gasteiger partial charge in [-0.05, 0) is 12.8 Å². The minimum atomic E-state index is -3.10. The Balaban J connectivity index is 1.64. The maximum Gasteiger partial charge on any atom is 0.409 e. The molecule has 0 aromatic carbocycles. The van der Waals surface area contributed by atoms with E-state index in [1.54, 1.807) is 6.08 Å². The first kappa shape index (κ1) is 57.6. The number of carbonyl (C=O) groups excluding carboxylic acids is 2. The van der Waals surface area contributed by atoms with Gasteiger partial charge in [0.25, 0.3) is 5.79 Å². The van der Waals surface area contributed by atoms with Crippen molar-refractivity contribution >= 4 is 18.0 Å². The second-order valence-corrected chi connectivity index (χ2v) is 17.1. The van der Waals surface area contributed by atoms with Crippen molar-refractivity contribution in [2.45, 2.75) is 207 Å². The summed E-state index contributed by atoms with van der Waals surface area (Å²) in [6, 6.07) is -2.85. The summed E-state index contributed by atoms with van der Waals surface area (Å²) < 4.78 is 33.0. The molecule has 66 heavy (non-hydrogen) atoms. The average Bonchev–Trinajstić information content (AvgIpc) is 3.28. The predicted octanol–water partition coefficient (Wildman–Crippen LogP) is -3.51. The van der Waals surface area contributed by atoms with Crippen molar-refractivity contribution in [3.05, 3.63) is 12.2 Å². The van der Waals surface area contributed by atoms with Gasteiger partial charge in [-0.2, -0.15) is 0 Å². The molecule has 0 bridgehead atoms. The summed E-state index contributed by atoms with van der Waals surface area (Å²) in [6.45, 7) is -0.621. The van der Waals surface area contributed by atoms with Gasteiger partial charge in [0, 0.05) is 13.3 Å². The smallest absolute Gasteiger partial charge is 0.409 e. The number of alkyl carbamates (subject to hydrolysis) is 1. The number of carboxylic acid groups (broad SMARTS) is 1. The molecule has 384 valence electrons. The molecule has 3 aliphatic rings. The highest BCUT2D eigenvalue weighted by Gasteiger charge is 2.60. The lowest BCUT2D eigenvalue weighted by Gasteiger charge is -2.50. The van der Waals surface area contributed by atoms with Crippen LogP contribution in [0.4, 0.5) is 4.79 Å². The molecule has 2 amide bonds. The third-order valence-corrected chi connectivity index (χ3v) is 11.9. The van der Waals surface area contributed by atoms with E-state index >= 15 is 0 Å². The number of hydrogen-bond donors (Lipinski definition) is 15. The van der Waals surface area contributed by atoms with E-state index in [9.17, 15) is 80.8 Å². The Morgan fingerprint density at radius 2 is 1.35 bits per heavy atom. The second-order valence-electron chi connectivity index (χ2n) is 17.1. The van der Waals surface area contributed by atoms with E-state index in [1.807, 2.05) is 0 Å². The first-order valence-electron chi connectivity index (χ1n) is 22.7. The van der Waals surface area contributed by atoms with Crippen LogP contribution in [0.5, 0.6) is 0 Å². The number of aliphatic hydroxyl groups excluding tert-OH is 12. The fraction of sp³-hybridized carbons (Fsp3) is 0.881. The van der Waals surface area contributed by atoms with Crippen LogP contribution in [0.15, 0.2) is 12.2 Å². The Labute approximate surface area is 383 Å². The molecule has 3 saturated heterocycles. The van der Waals surface area contributed by atoms with E-state index in [4.69, 9.17) is 28.4 Å². The van der Waals surface area contributed by atoms with E-state index in [0.29, 0.717) is 6.42 Å². The number of unbranched alkanes of at least 4 members (excludes halogenated alkanes) is 11.